The van der Waals surface area contributed by atoms with Crippen molar-refractivity contribution in [1.29, 1.82) is 0 Å². The van der Waals surface area contributed by atoms with Gasteiger partial charge in [-0.3, -0.25) is 0 Å². The van der Waals surface area contributed by atoms with E-state index < -0.39 is 0 Å². The highest BCUT2D eigenvalue weighted by atomic mass is 19.1. The molecular formula is C15H20FN3. The van der Waals surface area contributed by atoms with Crippen molar-refractivity contribution in [3.05, 3.63) is 53.9 Å². The van der Waals surface area contributed by atoms with Crippen molar-refractivity contribution in [2.24, 2.45) is 0 Å². The van der Waals surface area contributed by atoms with E-state index in [-0.39, 0.29) is 5.82 Å². The largest absolute Gasteiger partial charge is 0.333 e. The average Bonchev–Trinajstić information content (AvgIpc) is 2.81. The molecule has 3 nitrogen and oxygen atoms in total. The lowest BCUT2D eigenvalue weighted by atomic mass is 10.1. The summed E-state index contributed by atoms with van der Waals surface area (Å²) in [6.07, 6.45) is 4.51. The number of hydrogen-bond acceptors (Lipinski definition) is 2. The molecule has 2 aromatic rings. The predicted octanol–water partition coefficient (Wildman–Crippen LogP) is 2.76. The van der Waals surface area contributed by atoms with Crippen LogP contribution in [0.1, 0.15) is 25.1 Å². The number of hydrogen-bond donors (Lipinski definition) is 1. The van der Waals surface area contributed by atoms with E-state index in [9.17, 15) is 4.39 Å². The maximum atomic E-state index is 13.1. The molecule has 1 heterocycles. The summed E-state index contributed by atoms with van der Waals surface area (Å²) in [5.41, 5.74) is 2.17. The first-order chi connectivity index (χ1) is 9.15. The third-order valence-corrected chi connectivity index (χ3v) is 3.02. The van der Waals surface area contributed by atoms with Gasteiger partial charge in [-0.05, 0) is 24.1 Å². The van der Waals surface area contributed by atoms with E-state index in [1.165, 1.54) is 6.07 Å². The molecule has 0 spiro atoms. The van der Waals surface area contributed by atoms with E-state index in [2.05, 4.69) is 28.7 Å². The lowest BCUT2D eigenvalue weighted by molar-refractivity contribution is 0.553. The molecule has 0 aliphatic heterocycles. The molecule has 0 saturated carbocycles. The van der Waals surface area contributed by atoms with Crippen LogP contribution in [-0.4, -0.2) is 15.6 Å². The molecule has 0 bridgehead atoms. The number of aromatic nitrogens is 2. The van der Waals surface area contributed by atoms with Crippen molar-refractivity contribution in [2.75, 3.05) is 0 Å². The second-order valence-electron chi connectivity index (χ2n) is 4.99. The third kappa shape index (κ3) is 4.17. The Labute approximate surface area is 113 Å². The Kier molecular flexibility index (Phi) is 4.68. The highest BCUT2D eigenvalue weighted by molar-refractivity contribution is 5.16. The fraction of sp³-hybridized carbons (Fsp3) is 0.400. The Balaban J connectivity index is 1.94. The van der Waals surface area contributed by atoms with Crippen molar-refractivity contribution in [3.63, 3.8) is 0 Å². The van der Waals surface area contributed by atoms with E-state index in [0.29, 0.717) is 6.04 Å². The summed E-state index contributed by atoms with van der Waals surface area (Å²) in [6, 6.07) is 7.21. The molecule has 4 heteroatoms. The molecule has 1 N–H and O–H groups in total. The maximum absolute atomic E-state index is 13.1. The standard InChI is InChI=1S/C15H20FN3/c1-12(2)18-10-15-9-17-11-19(15)7-6-13-4-3-5-14(16)8-13/h3-5,8-9,11-12,18H,6-7,10H2,1-2H3. The molecule has 102 valence electrons. The van der Waals surface area contributed by atoms with Crippen molar-refractivity contribution >= 4 is 0 Å². The fourth-order valence-electron chi connectivity index (χ4n) is 1.95. The summed E-state index contributed by atoms with van der Waals surface area (Å²) in [5.74, 6) is -0.176. The molecule has 0 amide bonds. The van der Waals surface area contributed by atoms with Crippen LogP contribution in [0.25, 0.3) is 0 Å². The maximum Gasteiger partial charge on any atom is 0.123 e. The first-order valence-corrected chi connectivity index (χ1v) is 6.62. The highest BCUT2D eigenvalue weighted by Crippen LogP contribution is 2.07. The smallest absolute Gasteiger partial charge is 0.123 e. The second kappa shape index (κ2) is 6.48. The Morgan fingerprint density at radius 3 is 2.95 bits per heavy atom. The quantitative estimate of drug-likeness (QED) is 0.866. The second-order valence-corrected chi connectivity index (χ2v) is 4.99. The molecule has 0 aliphatic rings. The third-order valence-electron chi connectivity index (χ3n) is 3.02. The summed E-state index contributed by atoms with van der Waals surface area (Å²) in [7, 11) is 0. The van der Waals surface area contributed by atoms with E-state index in [0.717, 1.165) is 30.8 Å². The summed E-state index contributed by atoms with van der Waals surface area (Å²) < 4.78 is 15.2. The van der Waals surface area contributed by atoms with Crippen LogP contribution < -0.4 is 5.32 Å². The summed E-state index contributed by atoms with van der Waals surface area (Å²) in [4.78, 5) is 4.18. The number of halogens is 1. The number of benzene rings is 1. The van der Waals surface area contributed by atoms with Gasteiger partial charge in [0, 0.05) is 25.3 Å². The normalized spacial score (nSPS) is 11.2. The van der Waals surface area contributed by atoms with Gasteiger partial charge in [0.2, 0.25) is 0 Å². The van der Waals surface area contributed by atoms with Gasteiger partial charge in [-0.1, -0.05) is 26.0 Å². The van der Waals surface area contributed by atoms with Gasteiger partial charge in [0.1, 0.15) is 5.82 Å². The number of rotatable bonds is 6. The molecular weight excluding hydrogens is 241 g/mol. The Hall–Kier alpha value is -1.68. The monoisotopic (exact) mass is 261 g/mol. The van der Waals surface area contributed by atoms with Crippen LogP contribution in [0.15, 0.2) is 36.8 Å². The van der Waals surface area contributed by atoms with Crippen LogP contribution in [0.2, 0.25) is 0 Å². The molecule has 1 aromatic carbocycles. The Morgan fingerprint density at radius 2 is 2.21 bits per heavy atom. The zero-order chi connectivity index (χ0) is 13.7. The van der Waals surface area contributed by atoms with E-state index in [1.807, 2.05) is 18.6 Å². The number of nitrogens with zero attached hydrogens (tertiary/aromatic N) is 2. The van der Waals surface area contributed by atoms with Crippen molar-refractivity contribution in [2.45, 2.75) is 39.4 Å². The lowest BCUT2D eigenvalue weighted by Crippen LogP contribution is -2.23. The molecule has 0 fully saturated rings. The van der Waals surface area contributed by atoms with Crippen molar-refractivity contribution in [1.82, 2.24) is 14.9 Å². The van der Waals surface area contributed by atoms with E-state index in [4.69, 9.17) is 0 Å². The van der Waals surface area contributed by atoms with Crippen LogP contribution in [0.3, 0.4) is 0 Å². The van der Waals surface area contributed by atoms with Gasteiger partial charge in [0.15, 0.2) is 0 Å². The summed E-state index contributed by atoms with van der Waals surface area (Å²) >= 11 is 0. The van der Waals surface area contributed by atoms with Gasteiger partial charge >= 0.3 is 0 Å². The van der Waals surface area contributed by atoms with Gasteiger partial charge in [-0.15, -0.1) is 0 Å². The minimum Gasteiger partial charge on any atom is -0.333 e. The van der Waals surface area contributed by atoms with Gasteiger partial charge in [0.25, 0.3) is 0 Å². The summed E-state index contributed by atoms with van der Waals surface area (Å²) in [6.45, 7) is 5.86. The zero-order valence-corrected chi connectivity index (χ0v) is 11.4. The molecule has 0 radical (unpaired) electrons. The molecule has 0 aliphatic carbocycles. The Bertz CT molecular complexity index is 520. The van der Waals surface area contributed by atoms with Crippen LogP contribution in [-0.2, 0) is 19.5 Å². The number of aryl methyl sites for hydroxylation is 2. The highest BCUT2D eigenvalue weighted by Gasteiger charge is 2.03. The van der Waals surface area contributed by atoms with Gasteiger partial charge in [-0.25, -0.2) is 9.37 Å². The molecule has 2 rings (SSSR count). The SMILES string of the molecule is CC(C)NCc1cncn1CCc1cccc(F)c1. The van der Waals surface area contributed by atoms with Crippen LogP contribution in [0, 0.1) is 5.82 Å². The van der Waals surface area contributed by atoms with Crippen molar-refractivity contribution in [3.8, 4) is 0 Å². The molecule has 0 unspecified atom stereocenters. The zero-order valence-electron chi connectivity index (χ0n) is 11.4. The van der Waals surface area contributed by atoms with E-state index in [1.54, 1.807) is 12.1 Å². The summed E-state index contributed by atoms with van der Waals surface area (Å²) in [5, 5.41) is 3.37. The molecule has 0 saturated heterocycles. The van der Waals surface area contributed by atoms with E-state index >= 15 is 0 Å². The molecule has 19 heavy (non-hydrogen) atoms. The van der Waals surface area contributed by atoms with Gasteiger partial charge in [-0.2, -0.15) is 0 Å². The van der Waals surface area contributed by atoms with Gasteiger partial charge in [0.05, 0.1) is 12.0 Å². The minimum atomic E-state index is -0.176. The van der Waals surface area contributed by atoms with Crippen LogP contribution in [0.5, 0.6) is 0 Å². The minimum absolute atomic E-state index is 0.176. The topological polar surface area (TPSA) is 29.9 Å². The first kappa shape index (κ1) is 13.7. The Morgan fingerprint density at radius 1 is 1.37 bits per heavy atom. The fourth-order valence-corrected chi connectivity index (χ4v) is 1.95. The molecule has 0 atom stereocenters. The van der Waals surface area contributed by atoms with Crippen LogP contribution >= 0.6 is 0 Å². The predicted molar refractivity (Wildman–Crippen MR) is 74.3 cm³/mol. The van der Waals surface area contributed by atoms with Crippen LogP contribution in [0.4, 0.5) is 4.39 Å². The van der Waals surface area contributed by atoms with Crippen molar-refractivity contribution < 1.29 is 4.39 Å². The number of imidazole rings is 1. The van der Waals surface area contributed by atoms with Gasteiger partial charge < -0.3 is 9.88 Å². The molecule has 1 aromatic heterocycles. The first-order valence-electron chi connectivity index (χ1n) is 6.62. The lowest BCUT2D eigenvalue weighted by Gasteiger charge is -2.11. The average molecular weight is 261 g/mol. The number of nitrogens with one attached hydrogen (secondary N) is 1.